The number of carboxylic acids is 1. The molecule has 114 valence electrons. The molecule has 20 heavy (non-hydrogen) atoms. The summed E-state index contributed by atoms with van der Waals surface area (Å²) in [6.07, 6.45) is 1.15. The first-order valence-corrected chi connectivity index (χ1v) is 7.52. The van der Waals surface area contributed by atoms with Crippen LogP contribution in [0.4, 0.5) is 4.79 Å². The van der Waals surface area contributed by atoms with Crippen molar-refractivity contribution in [3.63, 3.8) is 0 Å². The van der Waals surface area contributed by atoms with Gasteiger partial charge in [0.15, 0.2) is 0 Å². The summed E-state index contributed by atoms with van der Waals surface area (Å²) in [5, 5.41) is 8.95. The number of hydrogen-bond donors (Lipinski definition) is 1. The highest BCUT2D eigenvalue weighted by Gasteiger charge is 2.39. The van der Waals surface area contributed by atoms with E-state index in [4.69, 9.17) is 5.11 Å². The normalized spacial score (nSPS) is 22.5. The van der Waals surface area contributed by atoms with Crippen molar-refractivity contribution in [3.8, 4) is 0 Å². The van der Waals surface area contributed by atoms with Crippen molar-refractivity contribution in [3.05, 3.63) is 0 Å². The Hall–Kier alpha value is -1.30. The lowest BCUT2D eigenvalue weighted by Gasteiger charge is -2.45. The Bertz CT molecular complexity index is 361. The third-order valence-corrected chi connectivity index (χ3v) is 4.46. The minimum Gasteiger partial charge on any atom is -0.481 e. The van der Waals surface area contributed by atoms with Gasteiger partial charge in [-0.05, 0) is 13.0 Å². The van der Waals surface area contributed by atoms with Crippen LogP contribution in [0.5, 0.6) is 0 Å². The summed E-state index contributed by atoms with van der Waals surface area (Å²) in [6, 6.07) is 0.0787. The number of nitrogens with zero attached hydrogens (tertiary/aromatic N) is 3. The van der Waals surface area contributed by atoms with Crippen LogP contribution in [0.15, 0.2) is 0 Å². The summed E-state index contributed by atoms with van der Waals surface area (Å²) in [6.45, 7) is 9.63. The molecule has 0 aromatic rings. The maximum atomic E-state index is 12.3. The van der Waals surface area contributed by atoms with E-state index in [1.165, 1.54) is 0 Å². The molecule has 0 spiro atoms. The molecule has 2 saturated heterocycles. The lowest BCUT2D eigenvalue weighted by atomic mass is 9.87. The maximum absolute atomic E-state index is 12.3. The molecule has 2 amide bonds. The van der Waals surface area contributed by atoms with E-state index in [1.807, 2.05) is 4.90 Å². The van der Waals surface area contributed by atoms with Crippen LogP contribution >= 0.6 is 0 Å². The molecule has 0 radical (unpaired) electrons. The first kappa shape index (κ1) is 15.1. The van der Waals surface area contributed by atoms with Crippen molar-refractivity contribution >= 4 is 12.0 Å². The minimum absolute atomic E-state index is 0.0787. The van der Waals surface area contributed by atoms with Crippen LogP contribution in [0.2, 0.25) is 0 Å². The quantitative estimate of drug-likeness (QED) is 0.828. The van der Waals surface area contributed by atoms with Gasteiger partial charge in [-0.3, -0.25) is 9.69 Å². The van der Waals surface area contributed by atoms with Gasteiger partial charge in [0.2, 0.25) is 0 Å². The maximum Gasteiger partial charge on any atom is 0.320 e. The van der Waals surface area contributed by atoms with Crippen molar-refractivity contribution in [2.75, 3.05) is 45.8 Å². The van der Waals surface area contributed by atoms with Crippen molar-refractivity contribution < 1.29 is 14.7 Å². The Morgan fingerprint density at radius 2 is 1.75 bits per heavy atom. The molecule has 2 aliphatic heterocycles. The third kappa shape index (κ3) is 3.23. The van der Waals surface area contributed by atoms with Gasteiger partial charge < -0.3 is 14.9 Å². The number of likely N-dealkylation sites (tertiary alicyclic amines) is 1. The van der Waals surface area contributed by atoms with Gasteiger partial charge in [-0.1, -0.05) is 13.8 Å². The predicted molar refractivity (Wildman–Crippen MR) is 75.6 cm³/mol. The number of aliphatic carboxylic acids is 1. The van der Waals surface area contributed by atoms with Crippen molar-refractivity contribution in [2.45, 2.75) is 20.3 Å². The standard InChI is InChI=1S/C14H25N3O3/c1-3-4-15-5-7-16(8-6-15)14(20)17-9-12(10-17)11(2)13(18)19/h11-12H,3-10H2,1-2H3,(H,18,19). The molecule has 2 heterocycles. The van der Waals surface area contributed by atoms with Crippen molar-refractivity contribution in [1.29, 1.82) is 0 Å². The highest BCUT2D eigenvalue weighted by Crippen LogP contribution is 2.25. The van der Waals surface area contributed by atoms with Crippen LogP contribution in [0.3, 0.4) is 0 Å². The van der Waals surface area contributed by atoms with Crippen molar-refractivity contribution in [2.24, 2.45) is 11.8 Å². The fourth-order valence-corrected chi connectivity index (χ4v) is 2.87. The molecule has 6 heteroatoms. The zero-order valence-electron chi connectivity index (χ0n) is 12.4. The number of hydrogen-bond acceptors (Lipinski definition) is 3. The Labute approximate surface area is 120 Å². The van der Waals surface area contributed by atoms with Crippen LogP contribution in [0.1, 0.15) is 20.3 Å². The lowest BCUT2D eigenvalue weighted by molar-refractivity contribution is -0.144. The molecular formula is C14H25N3O3. The highest BCUT2D eigenvalue weighted by atomic mass is 16.4. The fraction of sp³-hybridized carbons (Fsp3) is 0.857. The van der Waals surface area contributed by atoms with Gasteiger partial charge in [0, 0.05) is 45.2 Å². The van der Waals surface area contributed by atoms with Crippen molar-refractivity contribution in [1.82, 2.24) is 14.7 Å². The molecular weight excluding hydrogens is 258 g/mol. The molecule has 0 bridgehead atoms. The number of carbonyl (C=O) groups is 2. The van der Waals surface area contributed by atoms with E-state index in [2.05, 4.69) is 11.8 Å². The van der Waals surface area contributed by atoms with E-state index < -0.39 is 5.97 Å². The topological polar surface area (TPSA) is 64.1 Å². The van der Waals surface area contributed by atoms with Crippen LogP contribution < -0.4 is 0 Å². The summed E-state index contributed by atoms with van der Waals surface area (Å²) < 4.78 is 0. The Kier molecular flexibility index (Phi) is 4.86. The molecule has 6 nitrogen and oxygen atoms in total. The van der Waals surface area contributed by atoms with E-state index in [0.29, 0.717) is 13.1 Å². The fourth-order valence-electron chi connectivity index (χ4n) is 2.87. The lowest BCUT2D eigenvalue weighted by Crippen LogP contribution is -2.60. The van der Waals surface area contributed by atoms with Gasteiger partial charge in [0.25, 0.3) is 0 Å². The Morgan fingerprint density at radius 3 is 2.25 bits per heavy atom. The van der Waals surface area contributed by atoms with Gasteiger partial charge in [-0.15, -0.1) is 0 Å². The monoisotopic (exact) mass is 283 g/mol. The zero-order valence-corrected chi connectivity index (χ0v) is 12.4. The van der Waals surface area contributed by atoms with E-state index in [9.17, 15) is 9.59 Å². The van der Waals surface area contributed by atoms with Crippen LogP contribution in [-0.2, 0) is 4.79 Å². The van der Waals surface area contributed by atoms with E-state index in [-0.39, 0.29) is 17.9 Å². The van der Waals surface area contributed by atoms with E-state index in [1.54, 1.807) is 11.8 Å². The average Bonchev–Trinajstić information content (AvgIpc) is 2.37. The zero-order chi connectivity index (χ0) is 14.7. The summed E-state index contributed by atoms with van der Waals surface area (Å²) in [4.78, 5) is 29.2. The molecule has 1 atom stereocenters. The number of urea groups is 1. The highest BCUT2D eigenvalue weighted by molar-refractivity contribution is 5.76. The molecule has 2 rings (SSSR count). The number of piperazine rings is 1. The van der Waals surface area contributed by atoms with Gasteiger partial charge >= 0.3 is 12.0 Å². The number of carbonyl (C=O) groups excluding carboxylic acids is 1. The number of amides is 2. The second kappa shape index (κ2) is 6.43. The second-order valence-electron chi connectivity index (χ2n) is 5.90. The smallest absolute Gasteiger partial charge is 0.320 e. The van der Waals surface area contributed by atoms with Gasteiger partial charge in [-0.25, -0.2) is 4.79 Å². The largest absolute Gasteiger partial charge is 0.481 e. The second-order valence-corrected chi connectivity index (χ2v) is 5.90. The summed E-state index contributed by atoms with van der Waals surface area (Å²) >= 11 is 0. The van der Waals surface area contributed by atoms with Crippen LogP contribution in [0, 0.1) is 11.8 Å². The molecule has 0 aromatic heterocycles. The van der Waals surface area contributed by atoms with E-state index in [0.717, 1.165) is 39.1 Å². The Morgan fingerprint density at radius 1 is 1.15 bits per heavy atom. The first-order valence-electron chi connectivity index (χ1n) is 7.52. The summed E-state index contributed by atoms with van der Waals surface area (Å²) in [5.41, 5.74) is 0. The van der Waals surface area contributed by atoms with Gasteiger partial charge in [-0.2, -0.15) is 0 Å². The van der Waals surface area contributed by atoms with Gasteiger partial charge in [0.1, 0.15) is 0 Å². The Balaban J connectivity index is 1.73. The van der Waals surface area contributed by atoms with Crippen LogP contribution in [0.25, 0.3) is 0 Å². The molecule has 2 aliphatic rings. The SMILES string of the molecule is CCCN1CCN(C(=O)N2CC(C(C)C(=O)O)C2)CC1. The summed E-state index contributed by atoms with van der Waals surface area (Å²) in [7, 11) is 0. The molecule has 0 aromatic carbocycles. The number of rotatable bonds is 4. The van der Waals surface area contributed by atoms with Gasteiger partial charge in [0.05, 0.1) is 5.92 Å². The third-order valence-electron chi connectivity index (χ3n) is 4.46. The predicted octanol–water partition coefficient (Wildman–Crippen LogP) is 0.786. The molecule has 1 unspecified atom stereocenters. The molecule has 0 saturated carbocycles. The van der Waals surface area contributed by atoms with E-state index >= 15 is 0 Å². The summed E-state index contributed by atoms with van der Waals surface area (Å²) in [5.74, 6) is -1.02. The minimum atomic E-state index is -0.768. The average molecular weight is 283 g/mol. The molecule has 0 aliphatic carbocycles. The molecule has 1 N–H and O–H groups in total. The molecule has 2 fully saturated rings. The van der Waals surface area contributed by atoms with Crippen LogP contribution in [-0.4, -0.2) is 77.6 Å². The first-order chi connectivity index (χ1) is 9.52. The number of carboxylic acid groups (broad SMARTS) is 1.